The van der Waals surface area contributed by atoms with E-state index < -0.39 is 0 Å². The Morgan fingerprint density at radius 3 is 2.82 bits per heavy atom. The van der Waals surface area contributed by atoms with Gasteiger partial charge in [-0.25, -0.2) is 4.98 Å². The molecule has 0 radical (unpaired) electrons. The summed E-state index contributed by atoms with van der Waals surface area (Å²) in [4.78, 5) is 15.9. The second-order valence-electron chi connectivity index (χ2n) is 4.39. The number of hydrogen-bond donors (Lipinski definition) is 0. The maximum Gasteiger partial charge on any atom is 0.168 e. The lowest BCUT2D eigenvalue weighted by Crippen LogP contribution is -1.98. The first-order valence-electron chi connectivity index (χ1n) is 6.17. The number of carbonyl (C=O) groups excluding carboxylic acids is 1. The molecule has 0 N–H and O–H groups in total. The molecule has 0 aromatic carbocycles. The van der Waals surface area contributed by atoms with Crippen LogP contribution in [0, 0.1) is 0 Å². The summed E-state index contributed by atoms with van der Waals surface area (Å²) < 4.78 is 1.91. The van der Waals surface area contributed by atoms with Crippen molar-refractivity contribution in [2.75, 3.05) is 0 Å². The predicted octanol–water partition coefficient (Wildman–Crippen LogP) is 3.22. The van der Waals surface area contributed by atoms with Crippen molar-refractivity contribution in [3.8, 4) is 0 Å². The maximum atomic E-state index is 11.3. The van der Waals surface area contributed by atoms with Gasteiger partial charge in [-0.1, -0.05) is 26.8 Å². The second-order valence-corrected chi connectivity index (χ2v) is 4.39. The second kappa shape index (κ2) is 4.70. The highest BCUT2D eigenvalue weighted by Gasteiger charge is 2.17. The van der Waals surface area contributed by atoms with Crippen LogP contribution in [0.25, 0.3) is 5.65 Å². The molecule has 2 heterocycles. The van der Waals surface area contributed by atoms with Gasteiger partial charge < -0.3 is 0 Å². The van der Waals surface area contributed by atoms with Gasteiger partial charge in [-0.05, 0) is 24.5 Å². The lowest BCUT2D eigenvalue weighted by molar-refractivity contribution is 0.111. The van der Waals surface area contributed by atoms with Crippen molar-refractivity contribution >= 4 is 11.9 Å². The molecule has 0 amide bonds. The topological polar surface area (TPSA) is 34.4 Å². The molecule has 3 heteroatoms. The summed E-state index contributed by atoms with van der Waals surface area (Å²) in [6.45, 7) is 6.33. The summed E-state index contributed by atoms with van der Waals surface area (Å²) in [5.74, 6) is 0.319. The summed E-state index contributed by atoms with van der Waals surface area (Å²) in [6.07, 6.45) is 4.75. The third-order valence-electron chi connectivity index (χ3n) is 3.37. The van der Waals surface area contributed by atoms with Crippen LogP contribution < -0.4 is 0 Å². The molecule has 2 aromatic rings. The fourth-order valence-electron chi connectivity index (χ4n) is 2.11. The van der Waals surface area contributed by atoms with Crippen LogP contribution in [0.4, 0.5) is 0 Å². The standard InChI is InChI=1S/C14H18N2O/c1-4-10(3)13-12(9-17)16-8-6-7-11(5-2)14(16)15-13/h6-10H,4-5H2,1-3H3. The predicted molar refractivity (Wildman–Crippen MR) is 68.7 cm³/mol. The number of rotatable bonds is 4. The summed E-state index contributed by atoms with van der Waals surface area (Å²) in [5, 5.41) is 0. The zero-order valence-corrected chi connectivity index (χ0v) is 10.6. The largest absolute Gasteiger partial charge is 0.297 e. The minimum absolute atomic E-state index is 0.319. The van der Waals surface area contributed by atoms with Crippen LogP contribution in [-0.4, -0.2) is 15.7 Å². The Hall–Kier alpha value is -1.64. The van der Waals surface area contributed by atoms with E-state index in [9.17, 15) is 4.79 Å². The average molecular weight is 230 g/mol. The van der Waals surface area contributed by atoms with E-state index in [0.29, 0.717) is 11.6 Å². The van der Waals surface area contributed by atoms with E-state index >= 15 is 0 Å². The highest BCUT2D eigenvalue weighted by molar-refractivity contribution is 5.77. The van der Waals surface area contributed by atoms with Crippen LogP contribution in [0.3, 0.4) is 0 Å². The summed E-state index contributed by atoms with van der Waals surface area (Å²) in [7, 11) is 0. The van der Waals surface area contributed by atoms with Crippen molar-refractivity contribution in [1.82, 2.24) is 9.38 Å². The van der Waals surface area contributed by atoms with Crippen molar-refractivity contribution in [3.05, 3.63) is 35.3 Å². The summed E-state index contributed by atoms with van der Waals surface area (Å²) >= 11 is 0. The van der Waals surface area contributed by atoms with Gasteiger partial charge in [-0.15, -0.1) is 0 Å². The zero-order valence-electron chi connectivity index (χ0n) is 10.6. The molecule has 0 saturated carbocycles. The zero-order chi connectivity index (χ0) is 12.4. The minimum Gasteiger partial charge on any atom is -0.297 e. The third-order valence-corrected chi connectivity index (χ3v) is 3.37. The number of carbonyl (C=O) groups is 1. The molecule has 0 bridgehead atoms. The van der Waals surface area contributed by atoms with Gasteiger partial charge in [0.05, 0.1) is 5.69 Å². The first kappa shape index (κ1) is 11.8. The van der Waals surface area contributed by atoms with Crippen molar-refractivity contribution in [2.24, 2.45) is 0 Å². The number of aryl methyl sites for hydroxylation is 1. The Morgan fingerprint density at radius 1 is 1.47 bits per heavy atom. The van der Waals surface area contributed by atoms with Gasteiger partial charge in [0.25, 0.3) is 0 Å². The molecule has 0 aliphatic rings. The van der Waals surface area contributed by atoms with Crippen molar-refractivity contribution in [3.63, 3.8) is 0 Å². The van der Waals surface area contributed by atoms with Gasteiger partial charge in [-0.2, -0.15) is 0 Å². The molecule has 3 nitrogen and oxygen atoms in total. The Kier molecular flexibility index (Phi) is 3.27. The van der Waals surface area contributed by atoms with Crippen molar-refractivity contribution in [1.29, 1.82) is 0 Å². The quantitative estimate of drug-likeness (QED) is 0.756. The number of pyridine rings is 1. The monoisotopic (exact) mass is 230 g/mol. The molecule has 2 rings (SSSR count). The van der Waals surface area contributed by atoms with Gasteiger partial charge in [-0.3, -0.25) is 9.20 Å². The number of aldehydes is 1. The van der Waals surface area contributed by atoms with Crippen LogP contribution >= 0.6 is 0 Å². The first-order valence-corrected chi connectivity index (χ1v) is 6.17. The molecule has 2 aromatic heterocycles. The molecule has 0 aliphatic carbocycles. The summed E-state index contributed by atoms with van der Waals surface area (Å²) in [6, 6.07) is 4.04. The van der Waals surface area contributed by atoms with Gasteiger partial charge in [0.2, 0.25) is 0 Å². The van der Waals surface area contributed by atoms with E-state index in [-0.39, 0.29) is 0 Å². The number of fused-ring (bicyclic) bond motifs is 1. The lowest BCUT2D eigenvalue weighted by atomic mass is 10.0. The van der Waals surface area contributed by atoms with Crippen LogP contribution in [0.1, 0.15) is 54.9 Å². The summed E-state index contributed by atoms with van der Waals surface area (Å²) in [5.41, 5.74) is 3.73. The molecule has 0 aliphatic heterocycles. The van der Waals surface area contributed by atoms with Gasteiger partial charge in [0, 0.05) is 12.1 Å². The van der Waals surface area contributed by atoms with E-state index in [0.717, 1.165) is 30.5 Å². The smallest absolute Gasteiger partial charge is 0.168 e. The Bertz CT molecular complexity index is 542. The van der Waals surface area contributed by atoms with Gasteiger partial charge >= 0.3 is 0 Å². The molecular formula is C14H18N2O. The normalized spacial score (nSPS) is 12.9. The van der Waals surface area contributed by atoms with Crippen LogP contribution in [0.5, 0.6) is 0 Å². The lowest BCUT2D eigenvalue weighted by Gasteiger charge is -2.04. The number of imidazole rings is 1. The van der Waals surface area contributed by atoms with E-state index in [2.05, 4.69) is 31.8 Å². The molecule has 0 spiro atoms. The molecule has 90 valence electrons. The number of nitrogens with zero attached hydrogens (tertiary/aromatic N) is 2. The number of aromatic nitrogens is 2. The highest BCUT2D eigenvalue weighted by Crippen LogP contribution is 2.24. The van der Waals surface area contributed by atoms with Crippen molar-refractivity contribution < 1.29 is 4.79 Å². The third kappa shape index (κ3) is 1.86. The molecule has 0 saturated heterocycles. The fraction of sp³-hybridized carbons (Fsp3) is 0.429. The van der Waals surface area contributed by atoms with E-state index in [4.69, 9.17) is 0 Å². The van der Waals surface area contributed by atoms with Gasteiger partial charge in [0.1, 0.15) is 11.3 Å². The van der Waals surface area contributed by atoms with E-state index in [1.54, 1.807) is 0 Å². The first-order chi connectivity index (χ1) is 8.22. The highest BCUT2D eigenvalue weighted by atomic mass is 16.1. The van der Waals surface area contributed by atoms with Gasteiger partial charge in [0.15, 0.2) is 6.29 Å². The Morgan fingerprint density at radius 2 is 2.24 bits per heavy atom. The maximum absolute atomic E-state index is 11.3. The van der Waals surface area contributed by atoms with E-state index in [1.807, 2.05) is 16.7 Å². The SMILES string of the molecule is CCc1cccn2c(C=O)c(C(C)CC)nc12. The minimum atomic E-state index is 0.319. The van der Waals surface area contributed by atoms with Crippen LogP contribution in [0.2, 0.25) is 0 Å². The molecule has 17 heavy (non-hydrogen) atoms. The molecular weight excluding hydrogens is 212 g/mol. The van der Waals surface area contributed by atoms with Crippen LogP contribution in [-0.2, 0) is 6.42 Å². The molecule has 1 atom stereocenters. The average Bonchev–Trinajstić information content (AvgIpc) is 2.75. The Labute approximate surface area is 101 Å². The van der Waals surface area contributed by atoms with E-state index in [1.165, 1.54) is 5.56 Å². The Balaban J connectivity index is 2.74. The van der Waals surface area contributed by atoms with Crippen molar-refractivity contribution in [2.45, 2.75) is 39.5 Å². The molecule has 1 unspecified atom stereocenters. The molecule has 0 fully saturated rings. The fourth-order valence-corrected chi connectivity index (χ4v) is 2.11. The van der Waals surface area contributed by atoms with Crippen LogP contribution in [0.15, 0.2) is 18.3 Å². The number of hydrogen-bond acceptors (Lipinski definition) is 2.